The van der Waals surface area contributed by atoms with Gasteiger partial charge in [0.2, 0.25) is 5.91 Å². The number of fused-ring (bicyclic) bond motifs is 2. The van der Waals surface area contributed by atoms with Crippen LogP contribution in [0, 0.1) is 11.8 Å². The van der Waals surface area contributed by atoms with Crippen LogP contribution >= 0.6 is 0 Å². The van der Waals surface area contributed by atoms with Gasteiger partial charge in [0.25, 0.3) is 0 Å². The second-order valence-electron chi connectivity index (χ2n) is 9.21. The molecule has 0 spiro atoms. The maximum atomic E-state index is 12.5. The number of carboxylic acids is 1. The third-order valence-corrected chi connectivity index (χ3v) is 6.91. The van der Waals surface area contributed by atoms with E-state index < -0.39 is 5.97 Å². The Kier molecular flexibility index (Phi) is 8.36. The van der Waals surface area contributed by atoms with Crippen molar-refractivity contribution in [3.05, 3.63) is 66.7 Å². The summed E-state index contributed by atoms with van der Waals surface area (Å²) in [6.45, 7) is 0.868. The Morgan fingerprint density at radius 3 is 2.38 bits per heavy atom. The van der Waals surface area contributed by atoms with Crippen molar-refractivity contribution >= 4 is 17.6 Å². The molecule has 2 saturated heterocycles. The van der Waals surface area contributed by atoms with Crippen molar-refractivity contribution < 1.29 is 19.4 Å². The van der Waals surface area contributed by atoms with Gasteiger partial charge in [0, 0.05) is 24.6 Å². The molecule has 0 radical (unpaired) electrons. The molecule has 2 aliphatic heterocycles. The first-order chi connectivity index (χ1) is 16.6. The number of nitrogens with one attached hydrogen (secondary N) is 2. The van der Waals surface area contributed by atoms with Crippen LogP contribution in [0.1, 0.15) is 38.5 Å². The molecule has 2 bridgehead atoms. The van der Waals surface area contributed by atoms with Crippen molar-refractivity contribution in [2.75, 3.05) is 18.4 Å². The monoisotopic (exact) mass is 462 g/mol. The molecule has 2 aromatic carbocycles. The molecule has 6 heteroatoms. The van der Waals surface area contributed by atoms with E-state index in [2.05, 4.69) is 47.1 Å². The highest BCUT2D eigenvalue weighted by molar-refractivity contribution is 5.80. The Labute approximate surface area is 201 Å². The number of aliphatic carboxylic acids is 1. The largest absolute Gasteiger partial charge is 0.481 e. The first-order valence-electron chi connectivity index (χ1n) is 12.3. The lowest BCUT2D eigenvalue weighted by Crippen LogP contribution is -2.40. The van der Waals surface area contributed by atoms with Gasteiger partial charge >= 0.3 is 5.97 Å². The second kappa shape index (κ2) is 11.8. The molecule has 4 rings (SSSR count). The number of hydrogen-bond acceptors (Lipinski definition) is 4. The van der Waals surface area contributed by atoms with Crippen molar-refractivity contribution in [2.45, 2.75) is 50.7 Å². The van der Waals surface area contributed by atoms with E-state index in [9.17, 15) is 9.59 Å². The maximum Gasteiger partial charge on any atom is 0.303 e. The van der Waals surface area contributed by atoms with Gasteiger partial charge in [-0.2, -0.15) is 0 Å². The highest BCUT2D eigenvalue weighted by Crippen LogP contribution is 2.44. The average molecular weight is 463 g/mol. The van der Waals surface area contributed by atoms with Crippen molar-refractivity contribution in [1.82, 2.24) is 5.32 Å². The second-order valence-corrected chi connectivity index (χ2v) is 9.21. The Morgan fingerprint density at radius 1 is 0.941 bits per heavy atom. The van der Waals surface area contributed by atoms with Crippen molar-refractivity contribution in [3.63, 3.8) is 0 Å². The van der Waals surface area contributed by atoms with Crippen LogP contribution in [0.4, 0.5) is 5.69 Å². The number of anilines is 1. The zero-order chi connectivity index (χ0) is 23.8. The fraction of sp³-hybridized carbons (Fsp3) is 0.429. The van der Waals surface area contributed by atoms with Gasteiger partial charge in [0.15, 0.2) is 0 Å². The third kappa shape index (κ3) is 6.48. The van der Waals surface area contributed by atoms with Crippen LogP contribution in [0.25, 0.3) is 11.1 Å². The van der Waals surface area contributed by atoms with Gasteiger partial charge in [0.05, 0.1) is 18.8 Å². The molecule has 0 aliphatic carbocycles. The number of amides is 1. The van der Waals surface area contributed by atoms with Gasteiger partial charge < -0.3 is 20.5 Å². The number of carbonyl (C=O) groups excluding carboxylic acids is 1. The van der Waals surface area contributed by atoms with Crippen molar-refractivity contribution in [2.24, 2.45) is 11.8 Å². The summed E-state index contributed by atoms with van der Waals surface area (Å²) >= 11 is 0. The van der Waals surface area contributed by atoms with E-state index in [0.717, 1.165) is 36.9 Å². The number of carboxylic acid groups (broad SMARTS) is 1. The Bertz CT molecular complexity index is 974. The molecule has 0 unspecified atom stereocenters. The lowest BCUT2D eigenvalue weighted by molar-refractivity contribution is -0.137. The molecule has 2 aromatic rings. The van der Waals surface area contributed by atoms with Crippen LogP contribution in [0.2, 0.25) is 0 Å². The summed E-state index contributed by atoms with van der Waals surface area (Å²) in [6.07, 6.45) is 9.48. The number of hydrogen-bond donors (Lipinski definition) is 3. The van der Waals surface area contributed by atoms with Gasteiger partial charge in [-0.1, -0.05) is 54.6 Å². The van der Waals surface area contributed by atoms with Gasteiger partial charge in [0.1, 0.15) is 0 Å². The highest BCUT2D eigenvalue weighted by Gasteiger charge is 2.47. The van der Waals surface area contributed by atoms with Crippen LogP contribution in [0.3, 0.4) is 0 Å². The van der Waals surface area contributed by atoms with E-state index in [0.29, 0.717) is 24.8 Å². The standard InChI is InChI=1S/C28H34N2O4/c31-27(19-29-22-14-12-21(13-15-22)20-8-4-3-5-9-20)30-18-24-23(25-16-17-26(24)34-25)10-6-1-2-7-11-28(32)33/h1,3-6,8-9,12-15,23-26,29H,2,7,10-11,16-19H2,(H,30,31)(H,32,33)/t23-,24+,25-,26+/m1/s1. The number of benzene rings is 2. The topological polar surface area (TPSA) is 87.7 Å². The zero-order valence-electron chi connectivity index (χ0n) is 19.5. The number of unbranched alkanes of at least 4 members (excludes halogenated alkanes) is 1. The predicted octanol–water partition coefficient (Wildman–Crippen LogP) is 4.88. The quantitative estimate of drug-likeness (QED) is 0.309. The summed E-state index contributed by atoms with van der Waals surface area (Å²) < 4.78 is 6.14. The predicted molar refractivity (Wildman–Crippen MR) is 133 cm³/mol. The van der Waals surface area contributed by atoms with E-state index in [1.807, 2.05) is 30.3 Å². The van der Waals surface area contributed by atoms with Gasteiger partial charge in [-0.15, -0.1) is 0 Å². The molecule has 2 aliphatic rings. The molecule has 6 nitrogen and oxygen atoms in total. The fourth-order valence-corrected chi connectivity index (χ4v) is 5.11. The van der Waals surface area contributed by atoms with Crippen molar-refractivity contribution in [3.8, 4) is 11.1 Å². The number of allylic oxidation sites excluding steroid dienone is 2. The summed E-state index contributed by atoms with van der Waals surface area (Å²) in [5.41, 5.74) is 3.24. The van der Waals surface area contributed by atoms with Gasteiger partial charge in [-0.05, 0) is 61.3 Å². The molecule has 3 N–H and O–H groups in total. The summed E-state index contributed by atoms with van der Waals surface area (Å²) in [7, 11) is 0. The molecule has 180 valence electrons. The molecule has 1 amide bonds. The molecule has 2 fully saturated rings. The minimum atomic E-state index is -0.746. The molecule has 4 atom stereocenters. The van der Waals surface area contributed by atoms with Gasteiger partial charge in [-0.25, -0.2) is 0 Å². The number of ether oxygens (including phenoxy) is 1. The number of rotatable bonds is 12. The van der Waals surface area contributed by atoms with Crippen LogP contribution in [0.15, 0.2) is 66.7 Å². The van der Waals surface area contributed by atoms with Gasteiger partial charge in [-0.3, -0.25) is 9.59 Å². The molecule has 0 aromatic heterocycles. The van der Waals surface area contributed by atoms with E-state index in [-0.39, 0.29) is 31.1 Å². The lowest BCUT2D eigenvalue weighted by Gasteiger charge is -2.27. The van der Waals surface area contributed by atoms with Crippen LogP contribution in [-0.4, -0.2) is 42.3 Å². The van der Waals surface area contributed by atoms with Crippen LogP contribution in [0.5, 0.6) is 0 Å². The van der Waals surface area contributed by atoms with E-state index >= 15 is 0 Å². The highest BCUT2D eigenvalue weighted by atomic mass is 16.5. The molecular formula is C28H34N2O4. The van der Waals surface area contributed by atoms with Crippen LogP contribution in [-0.2, 0) is 14.3 Å². The summed E-state index contributed by atoms with van der Waals surface area (Å²) in [6, 6.07) is 18.3. The zero-order valence-corrected chi connectivity index (χ0v) is 19.5. The van der Waals surface area contributed by atoms with Crippen molar-refractivity contribution in [1.29, 1.82) is 0 Å². The minimum Gasteiger partial charge on any atom is -0.481 e. The third-order valence-electron chi connectivity index (χ3n) is 6.91. The normalized spacial score (nSPS) is 23.3. The Morgan fingerprint density at radius 2 is 1.65 bits per heavy atom. The fourth-order valence-electron chi connectivity index (χ4n) is 5.11. The summed E-state index contributed by atoms with van der Waals surface area (Å²) in [5, 5.41) is 15.0. The minimum absolute atomic E-state index is 0.0159. The first kappa shape index (κ1) is 24.0. The van der Waals surface area contributed by atoms with Crippen LogP contribution < -0.4 is 10.6 Å². The Balaban J connectivity index is 1.20. The maximum absolute atomic E-state index is 12.5. The Hall–Kier alpha value is -3.12. The lowest BCUT2D eigenvalue weighted by atomic mass is 9.77. The van der Waals surface area contributed by atoms with E-state index in [1.54, 1.807) is 0 Å². The van der Waals surface area contributed by atoms with E-state index in [4.69, 9.17) is 9.84 Å². The molecule has 2 heterocycles. The summed E-state index contributed by atoms with van der Waals surface area (Å²) in [5.74, 6) is -0.0212. The average Bonchev–Trinajstić information content (AvgIpc) is 3.46. The SMILES string of the molecule is O=C(O)CCCC=CC[C@@H]1[C@H](CNC(=O)CNc2ccc(-c3ccccc3)cc2)[C@@H]2CC[C@H]1O2. The first-order valence-corrected chi connectivity index (χ1v) is 12.3. The summed E-state index contributed by atoms with van der Waals surface area (Å²) in [4.78, 5) is 23.1. The van der Waals surface area contributed by atoms with E-state index in [1.165, 1.54) is 5.56 Å². The smallest absolute Gasteiger partial charge is 0.303 e. The molecule has 34 heavy (non-hydrogen) atoms. The molecular weight excluding hydrogens is 428 g/mol. The number of carbonyl (C=O) groups is 2. The molecule has 0 saturated carbocycles.